The number of aliphatic carboxylic acids is 1. The van der Waals surface area contributed by atoms with Crippen molar-refractivity contribution in [3.05, 3.63) is 36.0 Å². The van der Waals surface area contributed by atoms with Crippen molar-refractivity contribution < 1.29 is 15.0 Å². The van der Waals surface area contributed by atoms with Crippen LogP contribution in [0.1, 0.15) is 34.1 Å². The Balaban J connectivity index is 2.22. The van der Waals surface area contributed by atoms with Crippen LogP contribution >= 0.6 is 0 Å². The van der Waals surface area contributed by atoms with Crippen molar-refractivity contribution in [2.75, 3.05) is 0 Å². The molecular formula is C19H28O3. The average molecular weight is 304 g/mol. The van der Waals surface area contributed by atoms with Gasteiger partial charge in [0, 0.05) is 5.57 Å². The summed E-state index contributed by atoms with van der Waals surface area (Å²) in [4.78, 5) is 10.9. The smallest absolute Gasteiger partial charge is 0.331 e. The molecule has 0 heterocycles. The number of aliphatic hydroxyl groups excluding tert-OH is 1. The number of hydrogen-bond donors (Lipinski definition) is 2. The van der Waals surface area contributed by atoms with Crippen LogP contribution in [-0.4, -0.2) is 22.3 Å². The molecule has 3 nitrogen and oxygen atoms in total. The van der Waals surface area contributed by atoms with Crippen molar-refractivity contribution >= 4 is 5.97 Å². The van der Waals surface area contributed by atoms with Crippen molar-refractivity contribution in [1.29, 1.82) is 0 Å². The van der Waals surface area contributed by atoms with Gasteiger partial charge in [0.15, 0.2) is 0 Å². The fourth-order valence-corrected chi connectivity index (χ4v) is 4.20. The third-order valence-corrected chi connectivity index (χ3v) is 5.60. The van der Waals surface area contributed by atoms with Crippen molar-refractivity contribution in [2.24, 2.45) is 35.5 Å². The van der Waals surface area contributed by atoms with Crippen molar-refractivity contribution in [3.63, 3.8) is 0 Å². The third kappa shape index (κ3) is 3.35. The third-order valence-electron chi connectivity index (χ3n) is 5.60. The van der Waals surface area contributed by atoms with E-state index in [2.05, 4.69) is 39.0 Å². The summed E-state index contributed by atoms with van der Waals surface area (Å²) in [5.74, 6) is 1.44. The molecule has 0 aliphatic heterocycles. The molecule has 3 heteroatoms. The Bertz CT molecular complexity index is 503. The van der Waals surface area contributed by atoms with Crippen molar-refractivity contribution in [3.8, 4) is 0 Å². The Morgan fingerprint density at radius 3 is 2.55 bits per heavy atom. The minimum absolute atomic E-state index is 0.243. The summed E-state index contributed by atoms with van der Waals surface area (Å²) in [5, 5.41) is 19.4. The fourth-order valence-electron chi connectivity index (χ4n) is 4.20. The van der Waals surface area contributed by atoms with Gasteiger partial charge in [-0.25, -0.2) is 4.79 Å². The zero-order valence-corrected chi connectivity index (χ0v) is 13.9. The molecule has 22 heavy (non-hydrogen) atoms. The van der Waals surface area contributed by atoms with Crippen LogP contribution in [0.5, 0.6) is 0 Å². The summed E-state index contributed by atoms with van der Waals surface area (Å²) >= 11 is 0. The van der Waals surface area contributed by atoms with E-state index in [1.54, 1.807) is 13.0 Å². The first-order valence-corrected chi connectivity index (χ1v) is 8.27. The van der Waals surface area contributed by atoms with Gasteiger partial charge in [-0.1, -0.05) is 51.2 Å². The maximum absolute atomic E-state index is 10.9. The van der Waals surface area contributed by atoms with Crippen LogP contribution in [0.2, 0.25) is 0 Å². The second kappa shape index (κ2) is 6.82. The van der Waals surface area contributed by atoms with Crippen LogP contribution in [-0.2, 0) is 4.79 Å². The van der Waals surface area contributed by atoms with E-state index in [0.29, 0.717) is 35.2 Å². The molecule has 0 aromatic rings. The molecule has 2 aliphatic rings. The predicted octanol–water partition coefficient (Wildman–Crippen LogP) is 3.66. The summed E-state index contributed by atoms with van der Waals surface area (Å²) in [7, 11) is 0. The monoisotopic (exact) mass is 304 g/mol. The summed E-state index contributed by atoms with van der Waals surface area (Å²) in [5.41, 5.74) is 0.345. The Hall–Kier alpha value is -1.35. The molecule has 0 aromatic carbocycles. The molecule has 0 unspecified atom stereocenters. The molecule has 7 atom stereocenters. The molecule has 0 bridgehead atoms. The average Bonchev–Trinajstić information content (AvgIpc) is 2.47. The number of hydrogen-bond acceptors (Lipinski definition) is 2. The number of rotatable bonds is 3. The minimum atomic E-state index is -0.880. The summed E-state index contributed by atoms with van der Waals surface area (Å²) < 4.78 is 0. The zero-order chi connectivity index (χ0) is 16.4. The van der Waals surface area contributed by atoms with Crippen LogP contribution in [0.3, 0.4) is 0 Å². The van der Waals surface area contributed by atoms with Gasteiger partial charge < -0.3 is 10.2 Å². The van der Waals surface area contributed by atoms with E-state index in [1.165, 1.54) is 0 Å². The summed E-state index contributed by atoms with van der Waals surface area (Å²) in [6, 6.07) is 0. The topological polar surface area (TPSA) is 57.5 Å². The molecule has 0 aromatic heterocycles. The lowest BCUT2D eigenvalue weighted by atomic mass is 9.58. The predicted molar refractivity (Wildman–Crippen MR) is 88.3 cm³/mol. The highest BCUT2D eigenvalue weighted by atomic mass is 16.4. The standard InChI is InChI=1S/C19H28O3/c1-11-8-9-15-10-13(3)18(20)14(4)17(15)16(11)7-5-6-12(2)19(21)22/h5-9,11,13-18,20H,10H2,1-4H3,(H,21,22)/b7-5+,12-6+/t11-,13+,14-,15-,16-,17+,18-/m0/s1. The molecule has 0 radical (unpaired) electrons. The van der Waals surface area contributed by atoms with Crippen LogP contribution in [0.15, 0.2) is 36.0 Å². The molecule has 0 spiro atoms. The van der Waals surface area contributed by atoms with Crippen molar-refractivity contribution in [2.45, 2.75) is 40.2 Å². The van der Waals surface area contributed by atoms with Gasteiger partial charge in [0.05, 0.1) is 6.10 Å². The summed E-state index contributed by atoms with van der Waals surface area (Å²) in [6.45, 7) is 8.09. The number of aliphatic hydroxyl groups is 1. The minimum Gasteiger partial charge on any atom is -0.478 e. The van der Waals surface area contributed by atoms with Gasteiger partial charge in [0.1, 0.15) is 0 Å². The van der Waals surface area contributed by atoms with Gasteiger partial charge in [0.2, 0.25) is 0 Å². The molecule has 2 rings (SSSR count). The molecule has 122 valence electrons. The first-order chi connectivity index (χ1) is 10.3. The Morgan fingerprint density at radius 2 is 1.91 bits per heavy atom. The molecule has 2 aliphatic carbocycles. The second-order valence-electron chi connectivity index (χ2n) is 7.16. The first-order valence-electron chi connectivity index (χ1n) is 8.27. The lowest BCUT2D eigenvalue weighted by Gasteiger charge is -2.48. The molecule has 1 fully saturated rings. The van der Waals surface area contributed by atoms with Gasteiger partial charge in [-0.2, -0.15) is 0 Å². The normalized spacial score (nSPS) is 42.4. The number of allylic oxidation sites excluding steroid dienone is 5. The van der Waals surface area contributed by atoms with E-state index < -0.39 is 5.97 Å². The van der Waals surface area contributed by atoms with E-state index in [1.807, 2.05) is 6.08 Å². The van der Waals surface area contributed by atoms with Crippen LogP contribution in [0.25, 0.3) is 0 Å². The lowest BCUT2D eigenvalue weighted by molar-refractivity contribution is -0.132. The molecule has 2 N–H and O–H groups in total. The highest BCUT2D eigenvalue weighted by Gasteiger charge is 2.44. The Labute approximate surface area is 133 Å². The fraction of sp³-hybridized carbons (Fsp3) is 0.632. The van der Waals surface area contributed by atoms with E-state index in [0.717, 1.165) is 6.42 Å². The van der Waals surface area contributed by atoms with E-state index in [9.17, 15) is 9.90 Å². The van der Waals surface area contributed by atoms with Crippen LogP contribution in [0, 0.1) is 35.5 Å². The van der Waals surface area contributed by atoms with Crippen LogP contribution in [0.4, 0.5) is 0 Å². The first kappa shape index (κ1) is 17.0. The molecule has 1 saturated carbocycles. The Kier molecular flexibility index (Phi) is 5.28. The van der Waals surface area contributed by atoms with E-state index >= 15 is 0 Å². The highest BCUT2D eigenvalue weighted by Crippen LogP contribution is 2.48. The molecular weight excluding hydrogens is 276 g/mol. The zero-order valence-electron chi connectivity index (χ0n) is 13.9. The summed E-state index contributed by atoms with van der Waals surface area (Å²) in [6.07, 6.45) is 11.1. The highest BCUT2D eigenvalue weighted by molar-refractivity contribution is 5.86. The van der Waals surface area contributed by atoms with Gasteiger partial charge in [-0.15, -0.1) is 0 Å². The molecule has 0 amide bonds. The lowest BCUT2D eigenvalue weighted by Crippen LogP contribution is -2.46. The van der Waals surface area contributed by atoms with Gasteiger partial charge in [-0.3, -0.25) is 0 Å². The molecule has 0 saturated heterocycles. The van der Waals surface area contributed by atoms with E-state index in [4.69, 9.17) is 5.11 Å². The maximum atomic E-state index is 10.9. The quantitative estimate of drug-likeness (QED) is 0.475. The number of fused-ring (bicyclic) bond motifs is 1. The van der Waals surface area contributed by atoms with Gasteiger partial charge in [-0.05, 0) is 48.9 Å². The SMILES string of the molecule is C/C(=C\C=C\[C@@H]1[C@@H]2[C@H](C)[C@@H](O)[C@H](C)C[C@@H]2C=C[C@@H]1C)C(=O)O. The van der Waals surface area contributed by atoms with Gasteiger partial charge >= 0.3 is 5.97 Å². The number of carboxylic acids is 1. The number of carbonyl (C=O) groups is 1. The van der Waals surface area contributed by atoms with E-state index in [-0.39, 0.29) is 12.0 Å². The largest absolute Gasteiger partial charge is 0.478 e. The Morgan fingerprint density at radius 1 is 1.23 bits per heavy atom. The van der Waals surface area contributed by atoms with Crippen LogP contribution < -0.4 is 0 Å². The van der Waals surface area contributed by atoms with Crippen molar-refractivity contribution in [1.82, 2.24) is 0 Å². The number of carboxylic acid groups (broad SMARTS) is 1. The van der Waals surface area contributed by atoms with Gasteiger partial charge in [0.25, 0.3) is 0 Å². The maximum Gasteiger partial charge on any atom is 0.331 e. The second-order valence-corrected chi connectivity index (χ2v) is 7.16.